The fraction of sp³-hybridized carbons (Fsp3) is 0.385. The third kappa shape index (κ3) is 2.51. The van der Waals surface area contributed by atoms with E-state index in [1.165, 1.54) is 0 Å². The first-order chi connectivity index (χ1) is 8.30. The van der Waals surface area contributed by atoms with E-state index in [2.05, 4.69) is 58.7 Å². The van der Waals surface area contributed by atoms with E-state index < -0.39 is 0 Å². The van der Waals surface area contributed by atoms with Gasteiger partial charge in [0.1, 0.15) is 9.39 Å². The van der Waals surface area contributed by atoms with Crippen molar-refractivity contribution >= 4 is 33.9 Å². The standard InChI is InChI=1S/C13H15IN2OS/c1-7-5-18-6-8(7)11-15-10(13(2,3)4)9(14)12(17)16-11/h5-6H,1-4H3,(H,15,16,17). The van der Waals surface area contributed by atoms with E-state index in [0.717, 1.165) is 16.8 Å². The fourth-order valence-electron chi connectivity index (χ4n) is 1.69. The van der Waals surface area contributed by atoms with Gasteiger partial charge in [0, 0.05) is 16.4 Å². The Kier molecular flexibility index (Phi) is 3.64. The molecule has 0 aliphatic rings. The van der Waals surface area contributed by atoms with E-state index in [1.54, 1.807) is 11.3 Å². The van der Waals surface area contributed by atoms with E-state index in [4.69, 9.17) is 0 Å². The number of aromatic nitrogens is 2. The molecular weight excluding hydrogens is 359 g/mol. The number of thiophene rings is 1. The smallest absolute Gasteiger partial charge is 0.264 e. The zero-order valence-electron chi connectivity index (χ0n) is 10.8. The van der Waals surface area contributed by atoms with Gasteiger partial charge in [0.25, 0.3) is 5.56 Å². The molecule has 0 spiro atoms. The average molecular weight is 374 g/mol. The zero-order valence-corrected chi connectivity index (χ0v) is 13.8. The lowest BCUT2D eigenvalue weighted by atomic mass is 9.92. The summed E-state index contributed by atoms with van der Waals surface area (Å²) in [5.41, 5.74) is 2.82. The first-order valence-electron chi connectivity index (χ1n) is 5.64. The van der Waals surface area contributed by atoms with E-state index in [9.17, 15) is 4.79 Å². The van der Waals surface area contributed by atoms with Gasteiger partial charge in [0.15, 0.2) is 0 Å². The van der Waals surface area contributed by atoms with Crippen LogP contribution in [0.1, 0.15) is 32.0 Å². The van der Waals surface area contributed by atoms with Crippen molar-refractivity contribution in [1.29, 1.82) is 0 Å². The third-order valence-corrected chi connectivity index (χ3v) is 4.55. The minimum absolute atomic E-state index is 0.0591. The third-order valence-electron chi connectivity index (χ3n) is 2.68. The molecule has 1 N–H and O–H groups in total. The first kappa shape index (κ1) is 13.7. The maximum absolute atomic E-state index is 12.0. The molecule has 0 saturated carbocycles. The molecule has 0 aliphatic heterocycles. The summed E-state index contributed by atoms with van der Waals surface area (Å²) >= 11 is 3.69. The molecule has 2 aromatic heterocycles. The molecule has 2 rings (SSSR count). The highest BCUT2D eigenvalue weighted by atomic mass is 127. The van der Waals surface area contributed by atoms with Gasteiger partial charge in [0.05, 0.1) is 5.69 Å². The Morgan fingerprint density at radius 3 is 2.50 bits per heavy atom. The van der Waals surface area contributed by atoms with E-state index in [0.29, 0.717) is 9.39 Å². The quantitative estimate of drug-likeness (QED) is 0.774. The molecular formula is C13H15IN2OS. The van der Waals surface area contributed by atoms with Crippen LogP contribution < -0.4 is 5.56 Å². The molecule has 3 nitrogen and oxygen atoms in total. The van der Waals surface area contributed by atoms with Crippen LogP contribution in [0.4, 0.5) is 0 Å². The van der Waals surface area contributed by atoms with Crippen LogP contribution in [-0.4, -0.2) is 9.97 Å². The maximum atomic E-state index is 12.0. The molecule has 2 aromatic rings. The van der Waals surface area contributed by atoms with Crippen LogP contribution >= 0.6 is 33.9 Å². The first-order valence-corrected chi connectivity index (χ1v) is 7.66. The van der Waals surface area contributed by atoms with Crippen LogP contribution in [0.15, 0.2) is 15.6 Å². The van der Waals surface area contributed by atoms with E-state index in [1.807, 2.05) is 12.3 Å². The summed E-state index contributed by atoms with van der Waals surface area (Å²) in [6.07, 6.45) is 0. The molecule has 0 saturated heterocycles. The second-order valence-electron chi connectivity index (χ2n) is 5.30. The van der Waals surface area contributed by atoms with E-state index >= 15 is 0 Å². The van der Waals surface area contributed by atoms with Crippen molar-refractivity contribution < 1.29 is 0 Å². The number of hydrogen-bond acceptors (Lipinski definition) is 3. The number of aryl methyl sites for hydroxylation is 1. The molecule has 2 heterocycles. The van der Waals surface area contributed by atoms with Crippen molar-refractivity contribution in [3.8, 4) is 11.4 Å². The Hall–Kier alpha value is -0.690. The maximum Gasteiger partial charge on any atom is 0.264 e. The average Bonchev–Trinajstić information content (AvgIpc) is 2.66. The predicted octanol–water partition coefficient (Wildman–Crippen LogP) is 3.71. The van der Waals surface area contributed by atoms with Crippen LogP contribution in [0, 0.1) is 10.5 Å². The van der Waals surface area contributed by atoms with Crippen molar-refractivity contribution in [1.82, 2.24) is 9.97 Å². The zero-order chi connectivity index (χ0) is 13.5. The number of nitrogens with zero attached hydrogens (tertiary/aromatic N) is 1. The highest BCUT2D eigenvalue weighted by Crippen LogP contribution is 2.27. The van der Waals surface area contributed by atoms with Gasteiger partial charge in [-0.1, -0.05) is 20.8 Å². The number of nitrogens with one attached hydrogen (secondary N) is 1. The highest BCUT2D eigenvalue weighted by molar-refractivity contribution is 14.1. The number of aromatic amines is 1. The Balaban J connectivity index is 2.70. The van der Waals surface area contributed by atoms with Gasteiger partial charge in [-0.3, -0.25) is 4.79 Å². The second-order valence-corrected chi connectivity index (χ2v) is 7.12. The molecule has 0 aliphatic carbocycles. The lowest BCUT2D eigenvalue weighted by molar-refractivity contribution is 0.562. The molecule has 5 heteroatoms. The van der Waals surface area contributed by atoms with Crippen molar-refractivity contribution in [2.24, 2.45) is 0 Å². The summed E-state index contributed by atoms with van der Waals surface area (Å²) in [5, 5.41) is 4.08. The van der Waals surface area contributed by atoms with Crippen LogP contribution in [0.5, 0.6) is 0 Å². The van der Waals surface area contributed by atoms with Crippen LogP contribution in [0.3, 0.4) is 0 Å². The fourth-order valence-corrected chi connectivity index (χ4v) is 3.58. The van der Waals surface area contributed by atoms with Crippen LogP contribution in [0.2, 0.25) is 0 Å². The topological polar surface area (TPSA) is 45.8 Å². The number of hydrogen-bond donors (Lipinski definition) is 1. The Morgan fingerprint density at radius 1 is 1.33 bits per heavy atom. The van der Waals surface area contributed by atoms with Gasteiger partial charge < -0.3 is 4.98 Å². The minimum Gasteiger partial charge on any atom is -0.306 e. The SMILES string of the molecule is Cc1cscc1-c1nc(C(C)(C)C)c(I)c(=O)[nH]1. The van der Waals surface area contributed by atoms with Gasteiger partial charge in [-0.25, -0.2) is 4.98 Å². The Labute approximate surface area is 124 Å². The van der Waals surface area contributed by atoms with Crippen molar-refractivity contribution in [3.63, 3.8) is 0 Å². The molecule has 0 unspecified atom stereocenters. The lowest BCUT2D eigenvalue weighted by Crippen LogP contribution is -2.24. The van der Waals surface area contributed by atoms with E-state index in [-0.39, 0.29) is 11.0 Å². The molecule has 0 aromatic carbocycles. The highest BCUT2D eigenvalue weighted by Gasteiger charge is 2.22. The second kappa shape index (κ2) is 4.77. The molecule has 0 bridgehead atoms. The summed E-state index contributed by atoms with van der Waals surface area (Å²) in [6, 6.07) is 0. The normalized spacial score (nSPS) is 11.8. The van der Waals surface area contributed by atoms with Gasteiger partial charge in [-0.2, -0.15) is 11.3 Å². The van der Waals surface area contributed by atoms with Gasteiger partial charge in [-0.05, 0) is 40.5 Å². The summed E-state index contributed by atoms with van der Waals surface area (Å²) in [5.74, 6) is 0.670. The van der Waals surface area contributed by atoms with Gasteiger partial charge in [-0.15, -0.1) is 0 Å². The summed E-state index contributed by atoms with van der Waals surface area (Å²) in [6.45, 7) is 8.24. The summed E-state index contributed by atoms with van der Waals surface area (Å²) in [7, 11) is 0. The van der Waals surface area contributed by atoms with Crippen LogP contribution in [0.25, 0.3) is 11.4 Å². The largest absolute Gasteiger partial charge is 0.306 e. The number of halogens is 1. The van der Waals surface area contributed by atoms with Crippen molar-refractivity contribution in [3.05, 3.63) is 35.9 Å². The molecule has 0 atom stereocenters. The molecule has 96 valence electrons. The molecule has 0 amide bonds. The van der Waals surface area contributed by atoms with Gasteiger partial charge >= 0.3 is 0 Å². The van der Waals surface area contributed by atoms with Crippen LogP contribution in [-0.2, 0) is 5.41 Å². The molecule has 0 fully saturated rings. The minimum atomic E-state index is -0.135. The van der Waals surface area contributed by atoms with Crippen molar-refractivity contribution in [2.75, 3.05) is 0 Å². The molecule has 18 heavy (non-hydrogen) atoms. The number of rotatable bonds is 1. The monoisotopic (exact) mass is 374 g/mol. The summed E-state index contributed by atoms with van der Waals surface area (Å²) < 4.78 is 0.678. The molecule has 0 radical (unpaired) electrons. The summed E-state index contributed by atoms with van der Waals surface area (Å²) in [4.78, 5) is 19.5. The van der Waals surface area contributed by atoms with Crippen molar-refractivity contribution in [2.45, 2.75) is 33.1 Å². The lowest BCUT2D eigenvalue weighted by Gasteiger charge is -2.19. The Morgan fingerprint density at radius 2 is 2.00 bits per heavy atom. The van der Waals surface area contributed by atoms with Gasteiger partial charge in [0.2, 0.25) is 0 Å². The predicted molar refractivity (Wildman–Crippen MR) is 84.3 cm³/mol. The number of H-pyrrole nitrogens is 1. The Bertz CT molecular complexity index is 637.